The van der Waals surface area contributed by atoms with Gasteiger partial charge in [-0.3, -0.25) is 0 Å². The second-order valence-corrected chi connectivity index (χ2v) is 1.000. The van der Waals surface area contributed by atoms with Crippen molar-refractivity contribution in [1.29, 1.82) is 0 Å². The fraction of sp³-hybridized carbons (Fsp3) is 1.00. The van der Waals surface area contributed by atoms with Crippen LogP contribution in [0.5, 0.6) is 0 Å². The summed E-state index contributed by atoms with van der Waals surface area (Å²) in [5, 5.41) is 0. The van der Waals surface area contributed by atoms with Crippen molar-refractivity contribution in [1.82, 2.24) is 0 Å². The fourth-order valence-corrected chi connectivity index (χ4v) is 0. The molecule has 0 rings (SSSR count). The summed E-state index contributed by atoms with van der Waals surface area (Å²) in [4.78, 5) is 0. The first kappa shape index (κ1) is 15.7. The molecule has 0 heterocycles. The Kier molecular flexibility index (Phi) is 43.5. The molecule has 0 nitrogen and oxygen atoms in total. The molecule has 0 fully saturated rings. The molecular formula is C4H13ClMg. The lowest BCUT2D eigenvalue weighted by Gasteiger charge is -1.68. The smallest absolute Gasteiger partial charge is 0.147 e. The van der Waals surface area contributed by atoms with Crippen molar-refractivity contribution in [3.63, 3.8) is 0 Å². The lowest BCUT2D eigenvalue weighted by atomic mass is 10.4. The van der Waals surface area contributed by atoms with Gasteiger partial charge < -0.3 is 0 Å². The molecule has 0 bridgehead atoms. The zero-order valence-electron chi connectivity index (χ0n) is 3.82. The predicted octanol–water partition coefficient (Wildman–Crippen LogP) is 1.31. The molecule has 0 unspecified atom stereocenters. The number of hydrogen-bond acceptors (Lipinski definition) is 0. The van der Waals surface area contributed by atoms with Crippen molar-refractivity contribution in [3.8, 4) is 0 Å². The van der Waals surface area contributed by atoms with E-state index >= 15 is 0 Å². The zero-order chi connectivity index (χ0) is 3.41. The number of halogens is 1. The third-order valence-corrected chi connectivity index (χ3v) is 0.500. The SMILES string of the molecule is CCCC.Cl.[MgH2]. The van der Waals surface area contributed by atoms with E-state index in [2.05, 4.69) is 13.8 Å². The first-order valence-corrected chi connectivity index (χ1v) is 1.91. The molecule has 0 radical (unpaired) electrons. The highest BCUT2D eigenvalue weighted by molar-refractivity contribution is 5.85. The van der Waals surface area contributed by atoms with Gasteiger partial charge in [0.25, 0.3) is 0 Å². The van der Waals surface area contributed by atoms with Gasteiger partial charge in [0.1, 0.15) is 0 Å². The summed E-state index contributed by atoms with van der Waals surface area (Å²) < 4.78 is 0. The van der Waals surface area contributed by atoms with E-state index in [1.54, 1.807) is 0 Å². The van der Waals surface area contributed by atoms with E-state index in [0.29, 0.717) is 0 Å². The van der Waals surface area contributed by atoms with E-state index in [1.165, 1.54) is 12.8 Å². The normalized spacial score (nSPS) is 5.00. The lowest BCUT2D eigenvalue weighted by molar-refractivity contribution is 0.886. The summed E-state index contributed by atoms with van der Waals surface area (Å²) in [6.07, 6.45) is 2.64. The Labute approximate surface area is 62.3 Å². The molecule has 2 heteroatoms. The minimum atomic E-state index is 0. The maximum Gasteiger partial charge on any atom is 0.316 e. The van der Waals surface area contributed by atoms with Gasteiger partial charge in [-0.15, -0.1) is 12.4 Å². The molecule has 0 aromatic heterocycles. The zero-order valence-corrected chi connectivity index (χ0v) is 4.64. The molecule has 38 valence electrons. The number of rotatable bonds is 1. The van der Waals surface area contributed by atoms with Gasteiger partial charge >= 0.3 is 23.1 Å². The molecule has 0 saturated heterocycles. The Morgan fingerprint density at radius 3 is 1.17 bits per heavy atom. The molecule has 0 atom stereocenters. The highest BCUT2D eigenvalue weighted by Crippen LogP contribution is 1.76. The van der Waals surface area contributed by atoms with Gasteiger partial charge in [0, 0.05) is 0 Å². The number of hydrogen-bond donors (Lipinski definition) is 0. The molecule has 0 aliphatic heterocycles. The predicted molar refractivity (Wildman–Crippen MR) is 36.4 cm³/mol. The standard InChI is InChI=1S/C4H10.ClH.Mg.2H/c1-3-4-2;;;;/h3-4H2,1-2H3;1H;;;. The van der Waals surface area contributed by atoms with Crippen LogP contribution in [0.1, 0.15) is 26.7 Å². The molecule has 0 aromatic rings. The first-order chi connectivity index (χ1) is 1.91. The van der Waals surface area contributed by atoms with E-state index in [4.69, 9.17) is 0 Å². The Morgan fingerprint density at radius 2 is 1.17 bits per heavy atom. The largest absolute Gasteiger partial charge is 0.316 e. The van der Waals surface area contributed by atoms with Gasteiger partial charge in [-0.25, -0.2) is 0 Å². The summed E-state index contributed by atoms with van der Waals surface area (Å²) >= 11 is 0. The van der Waals surface area contributed by atoms with Gasteiger partial charge in [-0.1, -0.05) is 26.7 Å². The Hall–Kier alpha value is 1.06. The molecule has 0 N–H and O–H groups in total. The molecule has 0 saturated carbocycles. The Morgan fingerprint density at radius 1 is 1.00 bits per heavy atom. The van der Waals surface area contributed by atoms with Gasteiger partial charge in [0.2, 0.25) is 0 Å². The van der Waals surface area contributed by atoms with Crippen LogP contribution >= 0.6 is 12.4 Å². The fourth-order valence-electron chi connectivity index (χ4n) is 0. The molecule has 0 aromatic carbocycles. The van der Waals surface area contributed by atoms with Crippen LogP contribution in [-0.2, 0) is 0 Å². The second-order valence-electron chi connectivity index (χ2n) is 1.000. The maximum atomic E-state index is 2.18. The molecule has 0 aliphatic rings. The average Bonchev–Trinajstić information content (AvgIpc) is 1.37. The lowest BCUT2D eigenvalue weighted by Crippen LogP contribution is -1.47. The summed E-state index contributed by atoms with van der Waals surface area (Å²) in [7, 11) is 0. The minimum Gasteiger partial charge on any atom is -0.147 e. The van der Waals surface area contributed by atoms with Crippen LogP contribution in [0.15, 0.2) is 0 Å². The van der Waals surface area contributed by atoms with E-state index in [0.717, 1.165) is 0 Å². The molecule has 6 heavy (non-hydrogen) atoms. The van der Waals surface area contributed by atoms with Crippen LogP contribution in [0.25, 0.3) is 0 Å². The van der Waals surface area contributed by atoms with Crippen molar-refractivity contribution in [2.24, 2.45) is 0 Å². The van der Waals surface area contributed by atoms with Crippen molar-refractivity contribution >= 4 is 35.5 Å². The summed E-state index contributed by atoms with van der Waals surface area (Å²) in [6, 6.07) is 0. The Balaban J connectivity index is -0.0000000450. The van der Waals surface area contributed by atoms with E-state index < -0.39 is 0 Å². The molecule has 0 amide bonds. The van der Waals surface area contributed by atoms with Crippen molar-refractivity contribution < 1.29 is 0 Å². The molecule has 0 spiro atoms. The molecule has 0 aliphatic carbocycles. The van der Waals surface area contributed by atoms with Crippen molar-refractivity contribution in [3.05, 3.63) is 0 Å². The summed E-state index contributed by atoms with van der Waals surface area (Å²) in [5.74, 6) is 0. The van der Waals surface area contributed by atoms with Gasteiger partial charge in [0.15, 0.2) is 0 Å². The van der Waals surface area contributed by atoms with Gasteiger partial charge in [0.05, 0.1) is 0 Å². The quantitative estimate of drug-likeness (QED) is 0.458. The van der Waals surface area contributed by atoms with E-state index in [1.807, 2.05) is 0 Å². The first-order valence-electron chi connectivity index (χ1n) is 1.91. The average molecular weight is 121 g/mol. The molecular weight excluding hydrogens is 108 g/mol. The highest BCUT2D eigenvalue weighted by atomic mass is 35.5. The Bertz CT molecular complexity index is 9.51. The minimum absolute atomic E-state index is 0. The van der Waals surface area contributed by atoms with Crippen LogP contribution in [0.3, 0.4) is 0 Å². The van der Waals surface area contributed by atoms with Crippen LogP contribution in [0.2, 0.25) is 0 Å². The summed E-state index contributed by atoms with van der Waals surface area (Å²) in [6.45, 7) is 4.36. The summed E-state index contributed by atoms with van der Waals surface area (Å²) in [5.41, 5.74) is 0. The van der Waals surface area contributed by atoms with Crippen molar-refractivity contribution in [2.45, 2.75) is 26.7 Å². The highest BCUT2D eigenvalue weighted by Gasteiger charge is 1.56. The van der Waals surface area contributed by atoms with Crippen LogP contribution < -0.4 is 0 Å². The topological polar surface area (TPSA) is 0 Å². The maximum absolute atomic E-state index is 2.18. The van der Waals surface area contributed by atoms with E-state index in [9.17, 15) is 0 Å². The third kappa shape index (κ3) is 19.7. The van der Waals surface area contributed by atoms with Crippen molar-refractivity contribution in [2.75, 3.05) is 0 Å². The van der Waals surface area contributed by atoms with Crippen LogP contribution in [-0.4, -0.2) is 23.1 Å². The van der Waals surface area contributed by atoms with Gasteiger partial charge in [-0.2, -0.15) is 0 Å². The number of unbranched alkanes of at least 4 members (excludes halogenated alkanes) is 1. The monoisotopic (exact) mass is 120 g/mol. The van der Waals surface area contributed by atoms with Crippen LogP contribution in [0, 0.1) is 0 Å². The van der Waals surface area contributed by atoms with E-state index in [-0.39, 0.29) is 35.5 Å². The van der Waals surface area contributed by atoms with Crippen LogP contribution in [0.4, 0.5) is 0 Å². The second kappa shape index (κ2) is 16.6. The van der Waals surface area contributed by atoms with Gasteiger partial charge in [-0.05, 0) is 0 Å². The third-order valence-electron chi connectivity index (χ3n) is 0.500.